The number of rotatable bonds is 8. The molecule has 4 rings (SSSR count). The minimum atomic E-state index is -0.285. The summed E-state index contributed by atoms with van der Waals surface area (Å²) in [7, 11) is 0. The van der Waals surface area contributed by atoms with Gasteiger partial charge >= 0.3 is 0 Å². The van der Waals surface area contributed by atoms with Gasteiger partial charge in [-0.1, -0.05) is 96.2 Å². The molecule has 0 fully saturated rings. The van der Waals surface area contributed by atoms with E-state index in [2.05, 4.69) is 27.6 Å². The van der Waals surface area contributed by atoms with E-state index in [4.69, 9.17) is 11.6 Å². The number of amides is 1. The Balaban J connectivity index is 1.47. The van der Waals surface area contributed by atoms with E-state index in [1.165, 1.54) is 11.8 Å². The number of carbonyl (C=O) groups is 1. The van der Waals surface area contributed by atoms with E-state index >= 15 is 0 Å². The topological polar surface area (TPSA) is 59.8 Å². The Bertz CT molecular complexity index is 1180. The third-order valence-electron chi connectivity index (χ3n) is 5.04. The second-order valence-corrected chi connectivity index (χ2v) is 8.74. The molecule has 7 heteroatoms. The first-order valence-electron chi connectivity index (χ1n) is 10.3. The Morgan fingerprint density at radius 1 is 0.969 bits per heavy atom. The van der Waals surface area contributed by atoms with E-state index in [1.807, 2.05) is 84.3 Å². The van der Waals surface area contributed by atoms with Crippen molar-refractivity contribution in [3.63, 3.8) is 0 Å². The summed E-state index contributed by atoms with van der Waals surface area (Å²) in [6.45, 7) is 2.59. The van der Waals surface area contributed by atoms with Gasteiger partial charge in [-0.15, -0.1) is 10.2 Å². The van der Waals surface area contributed by atoms with Gasteiger partial charge in [-0.05, 0) is 35.7 Å². The van der Waals surface area contributed by atoms with Crippen molar-refractivity contribution < 1.29 is 4.79 Å². The fourth-order valence-corrected chi connectivity index (χ4v) is 4.43. The van der Waals surface area contributed by atoms with Crippen molar-refractivity contribution in [2.45, 2.75) is 24.7 Å². The molecule has 0 aliphatic carbocycles. The summed E-state index contributed by atoms with van der Waals surface area (Å²) < 4.78 is 2.03. The van der Waals surface area contributed by atoms with Crippen LogP contribution in [0.3, 0.4) is 0 Å². The number of hydrogen-bond donors (Lipinski definition) is 1. The summed E-state index contributed by atoms with van der Waals surface area (Å²) in [6, 6.07) is 27.3. The van der Waals surface area contributed by atoms with Crippen molar-refractivity contribution in [3.05, 3.63) is 112 Å². The summed E-state index contributed by atoms with van der Waals surface area (Å²) in [4.78, 5) is 12.9. The van der Waals surface area contributed by atoms with Crippen LogP contribution < -0.4 is 5.32 Å². The van der Waals surface area contributed by atoms with E-state index in [0.717, 1.165) is 27.7 Å². The molecular formula is C25H23ClN4OS. The van der Waals surface area contributed by atoms with Crippen LogP contribution in [0.15, 0.2) is 90.1 Å². The fourth-order valence-electron chi connectivity index (χ4n) is 3.44. The van der Waals surface area contributed by atoms with Gasteiger partial charge in [-0.25, -0.2) is 0 Å². The molecule has 1 unspecified atom stereocenters. The predicted molar refractivity (Wildman–Crippen MR) is 129 cm³/mol. The second-order valence-electron chi connectivity index (χ2n) is 7.36. The van der Waals surface area contributed by atoms with Crippen LogP contribution in [-0.4, -0.2) is 26.4 Å². The van der Waals surface area contributed by atoms with Gasteiger partial charge < -0.3 is 9.88 Å². The van der Waals surface area contributed by atoms with Gasteiger partial charge in [-0.3, -0.25) is 4.79 Å². The highest BCUT2D eigenvalue weighted by Crippen LogP contribution is 2.25. The molecular weight excluding hydrogens is 440 g/mol. The number of benzene rings is 3. The van der Waals surface area contributed by atoms with E-state index in [-0.39, 0.29) is 17.7 Å². The van der Waals surface area contributed by atoms with Crippen LogP contribution in [0, 0.1) is 6.92 Å². The standard InChI is InChI=1S/C25H23ClN4OS/c1-18-28-29-25(30(18)16-19-9-4-2-5-10-19)32-17-23(31)27-24(20-11-6-3-7-12-20)21-13-8-14-22(26)15-21/h2-15,24H,16-17H2,1H3,(H,27,31). The van der Waals surface area contributed by atoms with Crippen LogP contribution in [0.25, 0.3) is 0 Å². The Labute approximate surface area is 196 Å². The molecule has 0 aliphatic rings. The Morgan fingerprint density at radius 3 is 2.38 bits per heavy atom. The average Bonchev–Trinajstić information content (AvgIpc) is 3.16. The molecule has 1 amide bonds. The summed E-state index contributed by atoms with van der Waals surface area (Å²) >= 11 is 7.59. The van der Waals surface area contributed by atoms with Crippen molar-refractivity contribution in [1.29, 1.82) is 0 Å². The minimum Gasteiger partial charge on any atom is -0.344 e. The van der Waals surface area contributed by atoms with Crippen LogP contribution in [0.4, 0.5) is 0 Å². The normalized spacial score (nSPS) is 11.8. The number of nitrogens with one attached hydrogen (secondary N) is 1. The molecule has 4 aromatic rings. The van der Waals surface area contributed by atoms with Crippen LogP contribution in [-0.2, 0) is 11.3 Å². The van der Waals surface area contributed by atoms with Gasteiger partial charge in [0.2, 0.25) is 5.91 Å². The molecule has 1 N–H and O–H groups in total. The number of hydrogen-bond acceptors (Lipinski definition) is 4. The molecule has 3 aromatic carbocycles. The zero-order valence-corrected chi connectivity index (χ0v) is 19.2. The third kappa shape index (κ3) is 5.58. The van der Waals surface area contributed by atoms with E-state index in [9.17, 15) is 4.79 Å². The summed E-state index contributed by atoms with van der Waals surface area (Å²) in [6.07, 6.45) is 0. The summed E-state index contributed by atoms with van der Waals surface area (Å²) in [5.41, 5.74) is 3.09. The smallest absolute Gasteiger partial charge is 0.231 e. The lowest BCUT2D eigenvalue weighted by atomic mass is 9.99. The molecule has 0 saturated heterocycles. The number of aromatic nitrogens is 3. The van der Waals surface area contributed by atoms with Crippen molar-refractivity contribution >= 4 is 29.3 Å². The molecule has 5 nitrogen and oxygen atoms in total. The van der Waals surface area contributed by atoms with Crippen LogP contribution in [0.5, 0.6) is 0 Å². The van der Waals surface area contributed by atoms with E-state index < -0.39 is 0 Å². The first-order valence-corrected chi connectivity index (χ1v) is 11.6. The highest BCUT2D eigenvalue weighted by atomic mass is 35.5. The quantitative estimate of drug-likeness (QED) is 0.361. The van der Waals surface area contributed by atoms with Gasteiger partial charge in [-0.2, -0.15) is 0 Å². The number of thioether (sulfide) groups is 1. The zero-order chi connectivity index (χ0) is 22.3. The lowest BCUT2D eigenvalue weighted by Crippen LogP contribution is -2.30. The largest absolute Gasteiger partial charge is 0.344 e. The molecule has 1 aromatic heterocycles. The molecule has 0 spiro atoms. The Kier molecular flexibility index (Phi) is 7.24. The molecule has 0 radical (unpaired) electrons. The molecule has 0 bridgehead atoms. The second kappa shape index (κ2) is 10.5. The van der Waals surface area contributed by atoms with Crippen molar-refractivity contribution in [2.75, 3.05) is 5.75 Å². The maximum atomic E-state index is 12.9. The average molecular weight is 463 g/mol. The maximum absolute atomic E-state index is 12.9. The SMILES string of the molecule is Cc1nnc(SCC(=O)NC(c2ccccc2)c2cccc(Cl)c2)n1Cc1ccccc1. The van der Waals surface area contributed by atoms with E-state index in [0.29, 0.717) is 11.6 Å². The van der Waals surface area contributed by atoms with E-state index in [1.54, 1.807) is 0 Å². The number of aryl methyl sites for hydroxylation is 1. The molecule has 1 atom stereocenters. The van der Waals surface area contributed by atoms with Crippen LogP contribution in [0.1, 0.15) is 28.6 Å². The van der Waals surface area contributed by atoms with Crippen LogP contribution in [0.2, 0.25) is 5.02 Å². The van der Waals surface area contributed by atoms with Gasteiger partial charge in [0.15, 0.2) is 5.16 Å². The van der Waals surface area contributed by atoms with Crippen molar-refractivity contribution in [1.82, 2.24) is 20.1 Å². The molecule has 0 saturated carbocycles. The molecule has 32 heavy (non-hydrogen) atoms. The highest BCUT2D eigenvalue weighted by molar-refractivity contribution is 7.99. The molecule has 1 heterocycles. The van der Waals surface area contributed by atoms with Gasteiger partial charge in [0.1, 0.15) is 5.82 Å². The molecule has 0 aliphatic heterocycles. The number of nitrogens with zero attached hydrogens (tertiary/aromatic N) is 3. The lowest BCUT2D eigenvalue weighted by molar-refractivity contribution is -0.119. The molecule has 162 valence electrons. The monoisotopic (exact) mass is 462 g/mol. The number of halogens is 1. The van der Waals surface area contributed by atoms with Gasteiger partial charge in [0.05, 0.1) is 18.3 Å². The Hall–Kier alpha value is -3.09. The Morgan fingerprint density at radius 2 is 1.66 bits per heavy atom. The number of carbonyl (C=O) groups excluding carboxylic acids is 1. The summed E-state index contributed by atoms with van der Waals surface area (Å²) in [5, 5.41) is 13.0. The summed E-state index contributed by atoms with van der Waals surface area (Å²) in [5.74, 6) is 0.963. The first-order chi connectivity index (χ1) is 15.6. The predicted octanol–water partition coefficient (Wildman–Crippen LogP) is 5.29. The first kappa shape index (κ1) is 22.1. The van der Waals surface area contributed by atoms with Crippen molar-refractivity contribution in [2.24, 2.45) is 0 Å². The highest BCUT2D eigenvalue weighted by Gasteiger charge is 2.18. The van der Waals surface area contributed by atoms with Crippen LogP contribution >= 0.6 is 23.4 Å². The maximum Gasteiger partial charge on any atom is 0.231 e. The lowest BCUT2D eigenvalue weighted by Gasteiger charge is -2.20. The zero-order valence-electron chi connectivity index (χ0n) is 17.6. The fraction of sp³-hybridized carbons (Fsp3) is 0.160. The van der Waals surface area contributed by atoms with Gasteiger partial charge in [0.25, 0.3) is 0 Å². The van der Waals surface area contributed by atoms with Gasteiger partial charge in [0, 0.05) is 5.02 Å². The minimum absolute atomic E-state index is 0.0873. The van der Waals surface area contributed by atoms with Crippen molar-refractivity contribution in [3.8, 4) is 0 Å². The third-order valence-corrected chi connectivity index (χ3v) is 6.24.